The van der Waals surface area contributed by atoms with E-state index in [0.717, 1.165) is 0 Å². The number of carbonyl (C=O) groups is 1. The summed E-state index contributed by atoms with van der Waals surface area (Å²) >= 11 is 0. The first-order valence-corrected chi connectivity index (χ1v) is 5.69. The quantitative estimate of drug-likeness (QED) is 0.889. The fraction of sp³-hybridized carbons (Fsp3) is 0.0714. The number of amides is 1. The van der Waals surface area contributed by atoms with Crippen molar-refractivity contribution in [3.05, 3.63) is 60.2 Å². The van der Waals surface area contributed by atoms with E-state index in [9.17, 15) is 13.6 Å². The molecule has 0 heterocycles. The van der Waals surface area contributed by atoms with Crippen LogP contribution in [0.2, 0.25) is 0 Å². The predicted octanol–water partition coefficient (Wildman–Crippen LogP) is 3.02. The zero-order valence-corrected chi connectivity index (χ0v) is 9.99. The van der Waals surface area contributed by atoms with Gasteiger partial charge in [-0.3, -0.25) is 4.79 Å². The third kappa shape index (κ3) is 3.77. The van der Waals surface area contributed by atoms with Gasteiger partial charge in [0.2, 0.25) is 5.91 Å². The van der Waals surface area contributed by atoms with Gasteiger partial charge in [-0.25, -0.2) is 8.78 Å². The molecule has 2 aromatic carbocycles. The van der Waals surface area contributed by atoms with Crippen molar-refractivity contribution in [1.29, 1.82) is 0 Å². The Morgan fingerprint density at radius 2 is 1.84 bits per heavy atom. The minimum atomic E-state index is -0.499. The molecular weight excluding hydrogens is 250 g/mol. The zero-order chi connectivity index (χ0) is 13.7. The maximum Gasteiger partial charge on any atom is 0.243 e. The van der Waals surface area contributed by atoms with Crippen molar-refractivity contribution in [2.75, 3.05) is 17.2 Å². The third-order valence-corrected chi connectivity index (χ3v) is 2.43. The zero-order valence-electron chi connectivity index (χ0n) is 9.99. The second-order valence-electron chi connectivity index (χ2n) is 3.89. The highest BCUT2D eigenvalue weighted by molar-refractivity contribution is 5.93. The molecule has 2 rings (SSSR count). The van der Waals surface area contributed by atoms with Gasteiger partial charge in [0.25, 0.3) is 0 Å². The lowest BCUT2D eigenvalue weighted by Gasteiger charge is -2.08. The molecule has 0 atom stereocenters. The third-order valence-electron chi connectivity index (χ3n) is 2.43. The number of hydrogen-bond acceptors (Lipinski definition) is 2. The number of halogens is 2. The van der Waals surface area contributed by atoms with E-state index in [2.05, 4.69) is 10.6 Å². The fourth-order valence-corrected chi connectivity index (χ4v) is 1.54. The molecule has 0 radical (unpaired) electrons. The highest BCUT2D eigenvalue weighted by Crippen LogP contribution is 2.12. The first-order valence-electron chi connectivity index (χ1n) is 5.69. The highest BCUT2D eigenvalue weighted by Gasteiger charge is 2.06. The molecule has 0 fully saturated rings. The van der Waals surface area contributed by atoms with Crippen LogP contribution in [0.15, 0.2) is 48.5 Å². The number of anilines is 2. The summed E-state index contributed by atoms with van der Waals surface area (Å²) in [7, 11) is 0. The maximum absolute atomic E-state index is 13.3. The Morgan fingerprint density at radius 3 is 2.58 bits per heavy atom. The van der Waals surface area contributed by atoms with Crippen LogP contribution in [0.5, 0.6) is 0 Å². The molecule has 3 nitrogen and oxygen atoms in total. The van der Waals surface area contributed by atoms with E-state index in [4.69, 9.17) is 0 Å². The van der Waals surface area contributed by atoms with Crippen LogP contribution in [-0.2, 0) is 4.79 Å². The summed E-state index contributed by atoms with van der Waals surface area (Å²) in [5.41, 5.74) is 0.609. The van der Waals surface area contributed by atoms with Gasteiger partial charge in [0, 0.05) is 5.69 Å². The SMILES string of the molecule is O=C(CNc1cccc(F)c1)Nc1ccccc1F. The average molecular weight is 262 g/mol. The number of rotatable bonds is 4. The van der Waals surface area contributed by atoms with Crippen LogP contribution in [0, 0.1) is 11.6 Å². The molecule has 0 aliphatic heterocycles. The van der Waals surface area contributed by atoms with E-state index in [-0.39, 0.29) is 18.0 Å². The van der Waals surface area contributed by atoms with Gasteiger partial charge >= 0.3 is 0 Å². The highest BCUT2D eigenvalue weighted by atomic mass is 19.1. The van der Waals surface area contributed by atoms with Crippen molar-refractivity contribution in [2.24, 2.45) is 0 Å². The van der Waals surface area contributed by atoms with E-state index >= 15 is 0 Å². The molecular formula is C14H12F2N2O. The maximum atomic E-state index is 13.3. The van der Waals surface area contributed by atoms with E-state index < -0.39 is 11.7 Å². The number of benzene rings is 2. The lowest BCUT2D eigenvalue weighted by atomic mass is 10.3. The minimum absolute atomic E-state index is 0.0716. The summed E-state index contributed by atoms with van der Waals surface area (Å²) in [6.07, 6.45) is 0. The molecule has 0 bridgehead atoms. The normalized spacial score (nSPS) is 10.0. The first-order chi connectivity index (χ1) is 9.15. The van der Waals surface area contributed by atoms with Gasteiger partial charge in [0.1, 0.15) is 11.6 Å². The van der Waals surface area contributed by atoms with E-state index in [0.29, 0.717) is 5.69 Å². The largest absolute Gasteiger partial charge is 0.376 e. The number of nitrogens with one attached hydrogen (secondary N) is 2. The summed E-state index contributed by atoms with van der Waals surface area (Å²) in [4.78, 5) is 11.6. The van der Waals surface area contributed by atoms with Crippen LogP contribution < -0.4 is 10.6 Å². The predicted molar refractivity (Wildman–Crippen MR) is 69.9 cm³/mol. The molecule has 19 heavy (non-hydrogen) atoms. The molecule has 0 aromatic heterocycles. The Morgan fingerprint density at radius 1 is 1.05 bits per heavy atom. The number of para-hydroxylation sites is 1. The molecule has 0 spiro atoms. The second-order valence-corrected chi connectivity index (χ2v) is 3.89. The number of carbonyl (C=O) groups excluding carboxylic acids is 1. The lowest BCUT2D eigenvalue weighted by molar-refractivity contribution is -0.114. The van der Waals surface area contributed by atoms with Gasteiger partial charge in [-0.05, 0) is 30.3 Å². The average Bonchev–Trinajstić information content (AvgIpc) is 2.39. The molecule has 2 N–H and O–H groups in total. The first kappa shape index (κ1) is 13.0. The summed E-state index contributed by atoms with van der Waals surface area (Å²) in [6, 6.07) is 11.6. The van der Waals surface area contributed by atoms with E-state index in [1.165, 1.54) is 36.4 Å². The molecule has 0 saturated carbocycles. The smallest absolute Gasteiger partial charge is 0.243 e. The molecule has 98 valence electrons. The van der Waals surface area contributed by atoms with Crippen molar-refractivity contribution in [1.82, 2.24) is 0 Å². The molecule has 2 aromatic rings. The van der Waals surface area contributed by atoms with Gasteiger partial charge in [-0.1, -0.05) is 18.2 Å². The van der Waals surface area contributed by atoms with Crippen molar-refractivity contribution >= 4 is 17.3 Å². The Labute approximate surface area is 109 Å². The summed E-state index contributed by atoms with van der Waals surface area (Å²) < 4.78 is 26.2. The Kier molecular flexibility index (Phi) is 4.07. The topological polar surface area (TPSA) is 41.1 Å². The minimum Gasteiger partial charge on any atom is -0.376 e. The summed E-state index contributed by atoms with van der Waals surface area (Å²) in [5, 5.41) is 5.18. The van der Waals surface area contributed by atoms with E-state index in [1.54, 1.807) is 12.1 Å². The molecule has 0 aliphatic rings. The van der Waals surface area contributed by atoms with Crippen molar-refractivity contribution in [3.8, 4) is 0 Å². The second kappa shape index (κ2) is 5.95. The molecule has 0 unspecified atom stereocenters. The van der Waals surface area contributed by atoms with Crippen LogP contribution in [0.1, 0.15) is 0 Å². The summed E-state index contributed by atoms with van der Waals surface area (Å²) in [5.74, 6) is -1.30. The monoisotopic (exact) mass is 262 g/mol. The molecule has 5 heteroatoms. The van der Waals surface area contributed by atoms with Gasteiger partial charge in [-0.2, -0.15) is 0 Å². The standard InChI is InChI=1S/C14H12F2N2O/c15-10-4-3-5-11(8-10)17-9-14(19)18-13-7-2-1-6-12(13)16/h1-8,17H,9H2,(H,18,19). The van der Waals surface area contributed by atoms with E-state index in [1.807, 2.05) is 0 Å². The molecule has 0 aliphatic carbocycles. The Hall–Kier alpha value is -2.43. The van der Waals surface area contributed by atoms with Crippen molar-refractivity contribution < 1.29 is 13.6 Å². The van der Waals surface area contributed by atoms with Crippen LogP contribution in [0.3, 0.4) is 0 Å². The van der Waals surface area contributed by atoms with Crippen LogP contribution >= 0.6 is 0 Å². The Balaban J connectivity index is 1.90. The van der Waals surface area contributed by atoms with Gasteiger partial charge in [0.05, 0.1) is 12.2 Å². The lowest BCUT2D eigenvalue weighted by Crippen LogP contribution is -2.22. The van der Waals surface area contributed by atoms with Crippen LogP contribution in [0.4, 0.5) is 20.2 Å². The van der Waals surface area contributed by atoms with Gasteiger partial charge in [-0.15, -0.1) is 0 Å². The van der Waals surface area contributed by atoms with Crippen LogP contribution in [-0.4, -0.2) is 12.5 Å². The van der Waals surface area contributed by atoms with Crippen LogP contribution in [0.25, 0.3) is 0 Å². The summed E-state index contributed by atoms with van der Waals surface area (Å²) in [6.45, 7) is -0.0716. The molecule has 1 amide bonds. The number of hydrogen-bond donors (Lipinski definition) is 2. The van der Waals surface area contributed by atoms with Crippen molar-refractivity contribution in [2.45, 2.75) is 0 Å². The molecule has 0 saturated heterocycles. The van der Waals surface area contributed by atoms with Gasteiger partial charge < -0.3 is 10.6 Å². The van der Waals surface area contributed by atoms with Crippen molar-refractivity contribution in [3.63, 3.8) is 0 Å². The Bertz CT molecular complexity index is 587. The fourth-order valence-electron chi connectivity index (χ4n) is 1.54. The van der Waals surface area contributed by atoms with Gasteiger partial charge in [0.15, 0.2) is 0 Å².